The lowest BCUT2D eigenvalue weighted by Crippen LogP contribution is -2.51. The van der Waals surface area contributed by atoms with Crippen LogP contribution in [-0.4, -0.2) is 42.6 Å². The van der Waals surface area contributed by atoms with Crippen molar-refractivity contribution in [2.45, 2.75) is 32.3 Å². The summed E-state index contributed by atoms with van der Waals surface area (Å²) in [5.41, 5.74) is -0.980. The molecule has 1 fully saturated rings. The molecule has 0 bridgehead atoms. The summed E-state index contributed by atoms with van der Waals surface area (Å²) in [6, 6.07) is 6.92. The summed E-state index contributed by atoms with van der Waals surface area (Å²) >= 11 is 5.85. The molecule has 1 aliphatic rings. The van der Waals surface area contributed by atoms with Gasteiger partial charge >= 0.3 is 5.97 Å². The molecule has 6 heteroatoms. The Morgan fingerprint density at radius 3 is 2.26 bits per heavy atom. The molecule has 0 atom stereocenters. The molecule has 1 saturated heterocycles. The van der Waals surface area contributed by atoms with Gasteiger partial charge in [-0.15, -0.1) is 0 Å². The third-order valence-electron chi connectivity index (χ3n) is 4.02. The molecule has 1 aromatic rings. The van der Waals surface area contributed by atoms with E-state index in [-0.39, 0.29) is 17.8 Å². The third-order valence-corrected chi connectivity index (χ3v) is 4.27. The van der Waals surface area contributed by atoms with Crippen molar-refractivity contribution in [1.82, 2.24) is 4.90 Å². The second-order valence-corrected chi connectivity index (χ2v) is 6.59. The predicted octanol–water partition coefficient (Wildman–Crippen LogP) is 2.91. The van der Waals surface area contributed by atoms with Gasteiger partial charge in [-0.25, -0.2) is 0 Å². The topological polar surface area (TPSA) is 55.8 Å². The Kier molecular flexibility index (Phi) is 5.52. The molecule has 1 heterocycles. The lowest BCUT2D eigenvalue weighted by atomic mass is 9.95. The molecule has 0 aliphatic carbocycles. The average molecular weight is 340 g/mol. The maximum Gasteiger partial charge on any atom is 0.308 e. The number of likely N-dealkylation sites (tertiary alicyclic amines) is 1. The van der Waals surface area contributed by atoms with E-state index in [2.05, 4.69) is 0 Å². The number of benzene rings is 1. The van der Waals surface area contributed by atoms with Gasteiger partial charge in [0, 0.05) is 18.1 Å². The van der Waals surface area contributed by atoms with Gasteiger partial charge in [0.15, 0.2) is 5.60 Å². The smallest absolute Gasteiger partial charge is 0.308 e. The molecular formula is C17H22ClNO4. The highest BCUT2D eigenvalue weighted by molar-refractivity contribution is 6.30. The molecule has 1 amide bonds. The van der Waals surface area contributed by atoms with Gasteiger partial charge < -0.3 is 14.4 Å². The van der Waals surface area contributed by atoms with Crippen molar-refractivity contribution in [3.63, 3.8) is 0 Å². The molecule has 0 saturated carbocycles. The molecular weight excluding hydrogens is 318 g/mol. The molecule has 126 valence electrons. The minimum atomic E-state index is -0.980. The van der Waals surface area contributed by atoms with E-state index in [0.717, 1.165) is 0 Å². The van der Waals surface area contributed by atoms with Crippen molar-refractivity contribution in [3.05, 3.63) is 29.3 Å². The Balaban J connectivity index is 1.96. The van der Waals surface area contributed by atoms with Crippen LogP contribution in [0.2, 0.25) is 5.02 Å². The van der Waals surface area contributed by atoms with Crippen molar-refractivity contribution >= 4 is 23.5 Å². The fraction of sp³-hybridized carbons (Fsp3) is 0.529. The van der Waals surface area contributed by atoms with Crippen LogP contribution in [0.4, 0.5) is 0 Å². The molecule has 5 nitrogen and oxygen atoms in total. The van der Waals surface area contributed by atoms with Crippen molar-refractivity contribution in [1.29, 1.82) is 0 Å². The van der Waals surface area contributed by atoms with Gasteiger partial charge in [0.05, 0.1) is 13.0 Å². The highest BCUT2D eigenvalue weighted by Gasteiger charge is 2.37. The highest BCUT2D eigenvalue weighted by Crippen LogP contribution is 2.25. The van der Waals surface area contributed by atoms with Gasteiger partial charge in [-0.3, -0.25) is 9.59 Å². The lowest BCUT2D eigenvalue weighted by Gasteiger charge is -2.36. The number of piperidine rings is 1. The first kappa shape index (κ1) is 17.6. The summed E-state index contributed by atoms with van der Waals surface area (Å²) in [5, 5.41) is 0.617. The first-order valence-electron chi connectivity index (χ1n) is 7.65. The summed E-state index contributed by atoms with van der Waals surface area (Å²) < 4.78 is 10.6. The quantitative estimate of drug-likeness (QED) is 0.791. The number of nitrogens with zero attached hydrogens (tertiary/aromatic N) is 1. The van der Waals surface area contributed by atoms with Crippen LogP contribution < -0.4 is 4.74 Å². The number of halogens is 1. The van der Waals surface area contributed by atoms with E-state index < -0.39 is 5.60 Å². The number of hydrogen-bond donors (Lipinski definition) is 0. The molecule has 1 aromatic carbocycles. The van der Waals surface area contributed by atoms with Crippen LogP contribution in [0.5, 0.6) is 5.75 Å². The summed E-state index contributed by atoms with van der Waals surface area (Å²) in [6.45, 7) is 4.56. The van der Waals surface area contributed by atoms with Gasteiger partial charge in [-0.1, -0.05) is 11.6 Å². The fourth-order valence-electron chi connectivity index (χ4n) is 2.71. The Morgan fingerprint density at radius 2 is 1.74 bits per heavy atom. The number of carbonyl (C=O) groups excluding carboxylic acids is 2. The third kappa shape index (κ3) is 4.38. The average Bonchev–Trinajstić information content (AvgIpc) is 2.55. The van der Waals surface area contributed by atoms with Crippen LogP contribution in [0.25, 0.3) is 0 Å². The number of methoxy groups -OCH3 is 1. The molecule has 0 radical (unpaired) electrons. The first-order valence-corrected chi connectivity index (χ1v) is 8.03. The predicted molar refractivity (Wildman–Crippen MR) is 87.5 cm³/mol. The zero-order chi connectivity index (χ0) is 17.0. The van der Waals surface area contributed by atoms with Crippen LogP contribution in [-0.2, 0) is 14.3 Å². The summed E-state index contributed by atoms with van der Waals surface area (Å²) in [7, 11) is 1.39. The maximum atomic E-state index is 12.7. The SMILES string of the molecule is COC(=O)C1CCN(C(=O)C(C)(C)Oc2ccc(Cl)cc2)CC1. The van der Waals surface area contributed by atoms with E-state index in [1.807, 2.05) is 0 Å². The minimum Gasteiger partial charge on any atom is -0.478 e. The fourth-order valence-corrected chi connectivity index (χ4v) is 2.83. The zero-order valence-corrected chi connectivity index (χ0v) is 14.4. The molecule has 0 spiro atoms. The van der Waals surface area contributed by atoms with E-state index in [1.165, 1.54) is 7.11 Å². The van der Waals surface area contributed by atoms with E-state index >= 15 is 0 Å². The Bertz CT molecular complexity index is 562. The molecule has 23 heavy (non-hydrogen) atoms. The van der Waals surface area contributed by atoms with E-state index in [1.54, 1.807) is 43.0 Å². The van der Waals surface area contributed by atoms with Gasteiger partial charge in [0.25, 0.3) is 5.91 Å². The van der Waals surface area contributed by atoms with Crippen molar-refractivity contribution < 1.29 is 19.1 Å². The Labute approximate surface area is 141 Å². The largest absolute Gasteiger partial charge is 0.478 e. The van der Waals surface area contributed by atoms with Crippen molar-refractivity contribution in [2.24, 2.45) is 5.92 Å². The van der Waals surface area contributed by atoms with Crippen LogP contribution in [0.3, 0.4) is 0 Å². The van der Waals surface area contributed by atoms with E-state index in [0.29, 0.717) is 36.7 Å². The Hall–Kier alpha value is -1.75. The molecule has 1 aliphatic heterocycles. The summed E-state index contributed by atoms with van der Waals surface area (Å²) in [6.07, 6.45) is 1.24. The van der Waals surface area contributed by atoms with Crippen LogP contribution in [0.1, 0.15) is 26.7 Å². The lowest BCUT2D eigenvalue weighted by molar-refractivity contribution is -0.152. The number of rotatable bonds is 4. The van der Waals surface area contributed by atoms with Crippen LogP contribution in [0, 0.1) is 5.92 Å². The second-order valence-electron chi connectivity index (χ2n) is 6.16. The molecule has 0 unspecified atom stereocenters. The van der Waals surface area contributed by atoms with Crippen LogP contribution in [0.15, 0.2) is 24.3 Å². The number of esters is 1. The number of hydrogen-bond acceptors (Lipinski definition) is 4. The summed E-state index contributed by atoms with van der Waals surface area (Å²) in [5.74, 6) is 0.186. The molecule has 2 rings (SSSR count). The molecule has 0 N–H and O–H groups in total. The van der Waals surface area contributed by atoms with Gasteiger partial charge in [0.2, 0.25) is 0 Å². The van der Waals surface area contributed by atoms with Gasteiger partial charge in [-0.05, 0) is 51.0 Å². The first-order chi connectivity index (χ1) is 10.8. The van der Waals surface area contributed by atoms with Crippen molar-refractivity contribution in [2.75, 3.05) is 20.2 Å². The highest BCUT2D eigenvalue weighted by atomic mass is 35.5. The zero-order valence-electron chi connectivity index (χ0n) is 13.7. The van der Waals surface area contributed by atoms with E-state index in [9.17, 15) is 9.59 Å². The number of ether oxygens (including phenoxy) is 2. The Morgan fingerprint density at radius 1 is 1.17 bits per heavy atom. The normalized spacial score (nSPS) is 16.1. The minimum absolute atomic E-state index is 0.0873. The number of carbonyl (C=O) groups is 2. The monoisotopic (exact) mass is 339 g/mol. The van der Waals surface area contributed by atoms with Gasteiger partial charge in [0.1, 0.15) is 5.75 Å². The standard InChI is InChI=1S/C17H22ClNO4/c1-17(2,23-14-6-4-13(18)5-7-14)16(21)19-10-8-12(9-11-19)15(20)22-3/h4-7,12H,8-11H2,1-3H3. The van der Waals surface area contributed by atoms with Gasteiger partial charge in [-0.2, -0.15) is 0 Å². The molecule has 0 aromatic heterocycles. The summed E-state index contributed by atoms with van der Waals surface area (Å²) in [4.78, 5) is 26.0. The van der Waals surface area contributed by atoms with Crippen LogP contribution >= 0.6 is 11.6 Å². The number of amides is 1. The maximum absolute atomic E-state index is 12.7. The van der Waals surface area contributed by atoms with Crippen molar-refractivity contribution in [3.8, 4) is 5.75 Å². The second kappa shape index (κ2) is 7.21. The van der Waals surface area contributed by atoms with E-state index in [4.69, 9.17) is 21.1 Å².